The molecule has 0 spiro atoms. The maximum Gasteiger partial charge on any atom is 0.340 e. The number of nitrogen functional groups attached to an aromatic ring is 1. The Labute approximate surface area is 157 Å². The van der Waals surface area contributed by atoms with Crippen molar-refractivity contribution in [2.75, 3.05) is 25.6 Å². The van der Waals surface area contributed by atoms with E-state index in [1.54, 1.807) is 25.1 Å². The van der Waals surface area contributed by atoms with E-state index in [1.165, 1.54) is 0 Å². The van der Waals surface area contributed by atoms with Gasteiger partial charge in [0.05, 0.1) is 11.6 Å². The van der Waals surface area contributed by atoms with Gasteiger partial charge in [-0.3, -0.25) is 4.79 Å². The summed E-state index contributed by atoms with van der Waals surface area (Å²) in [5.74, 6) is 0.310. The Morgan fingerprint density at radius 2 is 1.93 bits per heavy atom. The Balaban J connectivity index is 1.56. The van der Waals surface area contributed by atoms with Crippen LogP contribution in [-0.4, -0.2) is 31.7 Å². The molecule has 1 aliphatic rings. The minimum absolute atomic E-state index is 0.252. The molecule has 3 rings (SSSR count). The summed E-state index contributed by atoms with van der Waals surface area (Å²) in [5.41, 5.74) is 8.13. The third kappa shape index (κ3) is 4.31. The van der Waals surface area contributed by atoms with E-state index in [-0.39, 0.29) is 18.2 Å². The van der Waals surface area contributed by atoms with E-state index < -0.39 is 11.9 Å². The Hall–Kier alpha value is -3.22. The molecule has 0 bridgehead atoms. The lowest BCUT2D eigenvalue weighted by Crippen LogP contribution is -2.31. The fraction of sp³-hybridized carbons (Fsp3) is 0.300. The molecule has 2 aromatic rings. The molecule has 0 fully saturated rings. The summed E-state index contributed by atoms with van der Waals surface area (Å²) < 4.78 is 16.1. The molecule has 27 heavy (non-hydrogen) atoms. The molecule has 0 aliphatic carbocycles. The number of amides is 1. The zero-order valence-electron chi connectivity index (χ0n) is 15.3. The van der Waals surface area contributed by atoms with Crippen molar-refractivity contribution in [3.8, 4) is 11.5 Å². The summed E-state index contributed by atoms with van der Waals surface area (Å²) >= 11 is 0. The van der Waals surface area contributed by atoms with Gasteiger partial charge in [-0.1, -0.05) is 18.2 Å². The highest BCUT2D eigenvalue weighted by atomic mass is 16.6. The summed E-state index contributed by atoms with van der Waals surface area (Å²) in [6, 6.07) is 10.3. The summed E-state index contributed by atoms with van der Waals surface area (Å²) in [7, 11) is 0. The number of nitrogens with one attached hydrogen (secondary N) is 1. The van der Waals surface area contributed by atoms with Crippen LogP contribution in [0, 0.1) is 6.92 Å². The number of hydrogen-bond donors (Lipinski definition) is 2. The van der Waals surface area contributed by atoms with Crippen molar-refractivity contribution < 1.29 is 23.8 Å². The first-order valence-electron chi connectivity index (χ1n) is 8.67. The second kappa shape index (κ2) is 7.99. The summed E-state index contributed by atoms with van der Waals surface area (Å²) in [4.78, 5) is 24.3. The van der Waals surface area contributed by atoms with Crippen LogP contribution in [0.15, 0.2) is 36.4 Å². The van der Waals surface area contributed by atoms with E-state index in [4.69, 9.17) is 19.9 Å². The topological polar surface area (TPSA) is 99.9 Å². The molecular formula is C20H22N2O5. The summed E-state index contributed by atoms with van der Waals surface area (Å²) in [6.45, 7) is 4.27. The van der Waals surface area contributed by atoms with Crippen LogP contribution >= 0.6 is 0 Å². The maximum absolute atomic E-state index is 12.1. The van der Waals surface area contributed by atoms with Crippen LogP contribution in [0.4, 0.5) is 5.69 Å². The molecule has 0 saturated carbocycles. The second-order valence-electron chi connectivity index (χ2n) is 6.30. The lowest BCUT2D eigenvalue weighted by Gasteiger charge is -2.21. The monoisotopic (exact) mass is 370 g/mol. The lowest BCUT2D eigenvalue weighted by molar-refractivity contribution is -0.124. The number of carbonyl (C=O) groups excluding carboxylic acids is 2. The van der Waals surface area contributed by atoms with Crippen molar-refractivity contribution in [3.05, 3.63) is 53.1 Å². The van der Waals surface area contributed by atoms with Crippen LogP contribution < -0.4 is 20.5 Å². The molecule has 0 unspecified atom stereocenters. The van der Waals surface area contributed by atoms with Crippen molar-refractivity contribution in [3.63, 3.8) is 0 Å². The number of anilines is 1. The molecule has 0 radical (unpaired) electrons. The number of hydrogen-bond acceptors (Lipinski definition) is 6. The minimum atomic E-state index is -0.627. The van der Waals surface area contributed by atoms with Gasteiger partial charge < -0.3 is 25.3 Å². The van der Waals surface area contributed by atoms with Crippen molar-refractivity contribution in [2.45, 2.75) is 19.9 Å². The smallest absolute Gasteiger partial charge is 0.340 e. The Bertz CT molecular complexity index is 865. The molecule has 142 valence electrons. The van der Waals surface area contributed by atoms with Gasteiger partial charge in [0.25, 0.3) is 5.91 Å². The van der Waals surface area contributed by atoms with Gasteiger partial charge in [-0.2, -0.15) is 0 Å². The molecule has 2 aromatic carbocycles. The molecule has 1 amide bonds. The fourth-order valence-electron chi connectivity index (χ4n) is 2.76. The summed E-state index contributed by atoms with van der Waals surface area (Å²) in [5, 5.41) is 2.79. The van der Waals surface area contributed by atoms with Crippen LogP contribution in [0.1, 0.15) is 34.5 Å². The number of esters is 1. The number of para-hydroxylation sites is 1. The third-order valence-corrected chi connectivity index (χ3v) is 4.32. The SMILES string of the molecule is Cc1cccc(C(=O)OCC(=O)N[C@@H](C)c2ccc3c(c2)OCCO3)c1N. The van der Waals surface area contributed by atoms with Gasteiger partial charge in [-0.05, 0) is 43.2 Å². The van der Waals surface area contributed by atoms with Crippen LogP contribution in [0.5, 0.6) is 11.5 Å². The van der Waals surface area contributed by atoms with Crippen LogP contribution in [0.2, 0.25) is 0 Å². The molecule has 7 heteroatoms. The molecule has 1 aliphatic heterocycles. The number of carbonyl (C=O) groups is 2. The third-order valence-electron chi connectivity index (χ3n) is 4.32. The maximum atomic E-state index is 12.1. The second-order valence-corrected chi connectivity index (χ2v) is 6.30. The van der Waals surface area contributed by atoms with Crippen molar-refractivity contribution >= 4 is 17.6 Å². The first-order valence-corrected chi connectivity index (χ1v) is 8.67. The zero-order valence-corrected chi connectivity index (χ0v) is 15.3. The first kappa shape index (κ1) is 18.6. The number of ether oxygens (including phenoxy) is 3. The number of aryl methyl sites for hydroxylation is 1. The van der Waals surface area contributed by atoms with Crippen LogP contribution in [-0.2, 0) is 9.53 Å². The fourth-order valence-corrected chi connectivity index (χ4v) is 2.76. The zero-order chi connectivity index (χ0) is 19.4. The van der Waals surface area contributed by atoms with Gasteiger partial charge in [0, 0.05) is 5.69 Å². The van der Waals surface area contributed by atoms with Gasteiger partial charge in [0.2, 0.25) is 0 Å². The Morgan fingerprint density at radius 3 is 2.70 bits per heavy atom. The lowest BCUT2D eigenvalue weighted by atomic mass is 10.1. The Kier molecular flexibility index (Phi) is 5.49. The van der Waals surface area contributed by atoms with Crippen molar-refractivity contribution in [1.82, 2.24) is 5.32 Å². The van der Waals surface area contributed by atoms with E-state index in [1.807, 2.05) is 25.1 Å². The molecule has 0 aromatic heterocycles. The van der Waals surface area contributed by atoms with Crippen molar-refractivity contribution in [1.29, 1.82) is 0 Å². The number of benzene rings is 2. The number of fused-ring (bicyclic) bond motifs is 1. The van der Waals surface area contributed by atoms with Gasteiger partial charge >= 0.3 is 5.97 Å². The highest BCUT2D eigenvalue weighted by molar-refractivity contribution is 5.96. The number of nitrogens with two attached hydrogens (primary N) is 1. The molecule has 1 heterocycles. The highest BCUT2D eigenvalue weighted by Gasteiger charge is 2.18. The van der Waals surface area contributed by atoms with Crippen LogP contribution in [0.3, 0.4) is 0 Å². The largest absolute Gasteiger partial charge is 0.486 e. The average molecular weight is 370 g/mol. The molecule has 7 nitrogen and oxygen atoms in total. The van der Waals surface area contributed by atoms with Crippen LogP contribution in [0.25, 0.3) is 0 Å². The molecule has 3 N–H and O–H groups in total. The molecular weight excluding hydrogens is 348 g/mol. The standard InChI is InChI=1S/C20H22N2O5/c1-12-4-3-5-15(19(12)21)20(24)27-11-18(23)22-13(2)14-6-7-16-17(10-14)26-9-8-25-16/h3-7,10,13H,8-9,11,21H2,1-2H3,(H,22,23)/t13-/m0/s1. The predicted octanol–water partition coefficient (Wildman–Crippen LogP) is 2.38. The van der Waals surface area contributed by atoms with Crippen molar-refractivity contribution in [2.24, 2.45) is 0 Å². The van der Waals surface area contributed by atoms with Gasteiger partial charge in [-0.15, -0.1) is 0 Å². The quantitative estimate of drug-likeness (QED) is 0.619. The van der Waals surface area contributed by atoms with Gasteiger partial charge in [0.1, 0.15) is 13.2 Å². The van der Waals surface area contributed by atoms with E-state index >= 15 is 0 Å². The first-order chi connectivity index (χ1) is 13.0. The minimum Gasteiger partial charge on any atom is -0.486 e. The molecule has 0 saturated heterocycles. The normalized spacial score (nSPS) is 13.6. The Morgan fingerprint density at radius 1 is 1.19 bits per heavy atom. The van der Waals surface area contributed by atoms with E-state index in [9.17, 15) is 9.59 Å². The predicted molar refractivity (Wildman–Crippen MR) is 99.9 cm³/mol. The molecule has 1 atom stereocenters. The summed E-state index contributed by atoms with van der Waals surface area (Å²) in [6.07, 6.45) is 0. The van der Waals surface area contributed by atoms with E-state index in [0.29, 0.717) is 30.4 Å². The highest BCUT2D eigenvalue weighted by Crippen LogP contribution is 2.32. The van der Waals surface area contributed by atoms with Gasteiger partial charge in [0.15, 0.2) is 18.1 Å². The van der Waals surface area contributed by atoms with Gasteiger partial charge in [-0.25, -0.2) is 4.79 Å². The number of rotatable bonds is 5. The van der Waals surface area contributed by atoms with E-state index in [0.717, 1.165) is 11.1 Å². The van der Waals surface area contributed by atoms with E-state index in [2.05, 4.69) is 5.32 Å². The average Bonchev–Trinajstić information content (AvgIpc) is 2.67.